The van der Waals surface area contributed by atoms with Gasteiger partial charge in [0.25, 0.3) is 0 Å². The molecule has 1 N–H and O–H groups in total. The number of carbonyl (C=O) groups excluding carboxylic acids is 1. The number of carbonyl (C=O) groups is 1. The van der Waals surface area contributed by atoms with E-state index in [1.165, 1.54) is 37.7 Å². The second-order valence-electron chi connectivity index (χ2n) is 10.8. The topological polar surface area (TPSA) is 46.5 Å². The lowest BCUT2D eigenvalue weighted by Crippen LogP contribution is -2.60. The van der Waals surface area contributed by atoms with E-state index in [2.05, 4.69) is 27.7 Å². The normalized spacial score (nSPS) is 34.2. The molecule has 1 aromatic carbocycles. The summed E-state index contributed by atoms with van der Waals surface area (Å²) in [4.78, 5) is 13.5. The maximum Gasteiger partial charge on any atom is 0.312 e. The highest BCUT2D eigenvalue weighted by atomic mass is 16.6. The zero-order valence-corrected chi connectivity index (χ0v) is 18.6. The number of aromatic hydroxyl groups is 1. The summed E-state index contributed by atoms with van der Waals surface area (Å²) in [5, 5.41) is 9.60. The number of ether oxygens (including phenoxy) is 1. The molecular formula is C26H38O3. The molecule has 5 rings (SSSR count). The lowest BCUT2D eigenvalue weighted by atomic mass is 9.49. The van der Waals surface area contributed by atoms with Crippen LogP contribution >= 0.6 is 0 Å². The second kappa shape index (κ2) is 7.63. The number of hydrogen-bond acceptors (Lipinski definition) is 3. The summed E-state index contributed by atoms with van der Waals surface area (Å²) in [6, 6.07) is 7.44. The summed E-state index contributed by atoms with van der Waals surface area (Å²) in [5.74, 6) is 3.46. The fraction of sp³-hybridized carbons (Fsp3) is 0.731. The number of hydrogen-bond donors (Lipinski definition) is 1. The van der Waals surface area contributed by atoms with Gasteiger partial charge in [-0.15, -0.1) is 0 Å². The summed E-state index contributed by atoms with van der Waals surface area (Å²) < 4.78 is 6.55. The van der Waals surface area contributed by atoms with E-state index in [0.717, 1.165) is 31.1 Å². The van der Waals surface area contributed by atoms with Crippen LogP contribution in [0.4, 0.5) is 0 Å². The average Bonchev–Trinajstić information content (AvgIpc) is 2.69. The van der Waals surface area contributed by atoms with Crippen LogP contribution in [0, 0.1) is 29.1 Å². The molecule has 3 heteroatoms. The molecule has 4 aliphatic carbocycles. The minimum Gasteiger partial charge on any atom is -0.508 e. The zero-order chi connectivity index (χ0) is 20.8. The van der Waals surface area contributed by atoms with Crippen molar-refractivity contribution in [2.45, 2.75) is 90.6 Å². The van der Waals surface area contributed by atoms with E-state index in [1.54, 1.807) is 12.1 Å². The van der Waals surface area contributed by atoms with Crippen LogP contribution in [-0.4, -0.2) is 16.7 Å². The smallest absolute Gasteiger partial charge is 0.312 e. The molecule has 4 aliphatic rings. The van der Waals surface area contributed by atoms with Gasteiger partial charge in [-0.3, -0.25) is 4.79 Å². The minimum absolute atomic E-state index is 0.0101. The van der Waals surface area contributed by atoms with Gasteiger partial charge in [-0.25, -0.2) is 0 Å². The quantitative estimate of drug-likeness (QED) is 0.537. The first-order valence-electron chi connectivity index (χ1n) is 11.8. The van der Waals surface area contributed by atoms with Crippen LogP contribution in [0.25, 0.3) is 0 Å². The van der Waals surface area contributed by atoms with Gasteiger partial charge < -0.3 is 9.84 Å². The van der Waals surface area contributed by atoms with Crippen molar-refractivity contribution < 1.29 is 14.6 Å². The highest BCUT2D eigenvalue weighted by Gasteiger charge is 2.59. The van der Waals surface area contributed by atoms with Gasteiger partial charge in [-0.2, -0.15) is 0 Å². The van der Waals surface area contributed by atoms with E-state index in [-0.39, 0.29) is 23.2 Å². The molecule has 0 radical (unpaired) electrons. The van der Waals surface area contributed by atoms with Crippen molar-refractivity contribution in [1.82, 2.24) is 0 Å². The minimum atomic E-state index is -0.518. The SMILES string of the molecule is CCC(CC(C)(C)C(=O)OC1(CC)C2CC3CC(C2)CC1C3)c1ccc(O)cc1. The second-order valence-corrected chi connectivity index (χ2v) is 10.8. The molecular weight excluding hydrogens is 360 g/mol. The first kappa shape index (κ1) is 20.8. The Balaban J connectivity index is 1.49. The van der Waals surface area contributed by atoms with Crippen LogP contribution in [0.1, 0.15) is 90.5 Å². The third-order valence-electron chi connectivity index (χ3n) is 8.52. The first-order chi connectivity index (χ1) is 13.8. The van der Waals surface area contributed by atoms with E-state index in [0.29, 0.717) is 11.8 Å². The molecule has 0 aromatic heterocycles. The van der Waals surface area contributed by atoms with Crippen molar-refractivity contribution >= 4 is 5.97 Å². The van der Waals surface area contributed by atoms with Crippen molar-refractivity contribution in [3.63, 3.8) is 0 Å². The van der Waals surface area contributed by atoms with E-state index in [9.17, 15) is 9.90 Å². The van der Waals surface area contributed by atoms with Crippen LogP contribution in [0.2, 0.25) is 0 Å². The van der Waals surface area contributed by atoms with Crippen LogP contribution in [-0.2, 0) is 9.53 Å². The molecule has 0 heterocycles. The van der Waals surface area contributed by atoms with Crippen molar-refractivity contribution in [2.75, 3.05) is 0 Å². The zero-order valence-electron chi connectivity index (χ0n) is 18.6. The van der Waals surface area contributed by atoms with E-state index >= 15 is 0 Å². The van der Waals surface area contributed by atoms with Gasteiger partial charge in [0.05, 0.1) is 5.41 Å². The number of benzene rings is 1. The fourth-order valence-corrected chi connectivity index (χ4v) is 7.05. The molecule has 0 aliphatic heterocycles. The maximum atomic E-state index is 13.5. The molecule has 4 saturated carbocycles. The van der Waals surface area contributed by atoms with Crippen LogP contribution in [0.5, 0.6) is 5.75 Å². The van der Waals surface area contributed by atoms with Crippen LogP contribution in [0.15, 0.2) is 24.3 Å². The monoisotopic (exact) mass is 398 g/mol. The standard InChI is InChI=1S/C26H38O3/c1-5-19(20-7-9-23(27)10-8-20)16-25(3,4)24(28)29-26(6-2)21-12-17-11-18(14-21)15-22(26)13-17/h7-10,17-19,21-22,27H,5-6,11-16H2,1-4H3. The number of phenolic OH excluding ortho intramolecular Hbond substituents is 1. The largest absolute Gasteiger partial charge is 0.508 e. The molecule has 3 nitrogen and oxygen atoms in total. The Morgan fingerprint density at radius 2 is 1.62 bits per heavy atom. The Bertz CT molecular complexity index is 705. The Morgan fingerprint density at radius 1 is 1.07 bits per heavy atom. The number of esters is 1. The van der Waals surface area contributed by atoms with Gasteiger partial charge >= 0.3 is 5.97 Å². The summed E-state index contributed by atoms with van der Waals surface area (Å²) in [6.45, 7) is 8.51. The third kappa shape index (κ3) is 3.70. The van der Waals surface area contributed by atoms with Gasteiger partial charge in [0.15, 0.2) is 0 Å². The van der Waals surface area contributed by atoms with Crippen molar-refractivity contribution in [3.8, 4) is 5.75 Å². The fourth-order valence-electron chi connectivity index (χ4n) is 7.05. The summed E-state index contributed by atoms with van der Waals surface area (Å²) in [5.41, 5.74) is 0.447. The molecule has 0 amide bonds. The molecule has 0 spiro atoms. The van der Waals surface area contributed by atoms with E-state index in [1.807, 2.05) is 12.1 Å². The van der Waals surface area contributed by atoms with E-state index in [4.69, 9.17) is 4.74 Å². The highest BCUT2D eigenvalue weighted by molar-refractivity contribution is 5.76. The first-order valence-corrected chi connectivity index (χ1v) is 11.8. The van der Waals surface area contributed by atoms with Crippen molar-refractivity contribution in [2.24, 2.45) is 29.1 Å². The molecule has 0 saturated heterocycles. The van der Waals surface area contributed by atoms with Crippen LogP contribution in [0.3, 0.4) is 0 Å². The predicted octanol–water partition coefficient (Wildman–Crippen LogP) is 6.45. The van der Waals surface area contributed by atoms with Gasteiger partial charge in [-0.1, -0.05) is 26.0 Å². The summed E-state index contributed by atoms with van der Waals surface area (Å²) >= 11 is 0. The molecule has 4 bridgehead atoms. The Hall–Kier alpha value is -1.51. The number of rotatable bonds is 7. The van der Waals surface area contributed by atoms with Gasteiger partial charge in [0, 0.05) is 0 Å². The molecule has 1 atom stereocenters. The predicted molar refractivity (Wildman–Crippen MR) is 116 cm³/mol. The average molecular weight is 399 g/mol. The summed E-state index contributed by atoms with van der Waals surface area (Å²) in [6.07, 6.45) is 9.16. The molecule has 29 heavy (non-hydrogen) atoms. The third-order valence-corrected chi connectivity index (χ3v) is 8.52. The van der Waals surface area contributed by atoms with Gasteiger partial charge in [0.1, 0.15) is 11.4 Å². The summed E-state index contributed by atoms with van der Waals surface area (Å²) in [7, 11) is 0. The Morgan fingerprint density at radius 3 is 2.10 bits per heavy atom. The van der Waals surface area contributed by atoms with E-state index < -0.39 is 5.41 Å². The van der Waals surface area contributed by atoms with Crippen LogP contribution < -0.4 is 0 Å². The van der Waals surface area contributed by atoms with Crippen molar-refractivity contribution in [1.29, 1.82) is 0 Å². The van der Waals surface area contributed by atoms with Gasteiger partial charge in [0.2, 0.25) is 0 Å². The lowest BCUT2D eigenvalue weighted by molar-refractivity contribution is -0.218. The Kier molecular flexibility index (Phi) is 5.46. The molecule has 4 fully saturated rings. The molecule has 160 valence electrons. The molecule has 1 unspecified atom stereocenters. The maximum absolute atomic E-state index is 13.5. The Labute approximate surface area is 176 Å². The van der Waals surface area contributed by atoms with Gasteiger partial charge in [-0.05, 0) is 112 Å². The highest BCUT2D eigenvalue weighted by Crippen LogP contribution is 2.61. The lowest BCUT2D eigenvalue weighted by Gasteiger charge is -2.60. The molecule has 1 aromatic rings. The number of phenols is 1. The van der Waals surface area contributed by atoms with Crippen molar-refractivity contribution in [3.05, 3.63) is 29.8 Å².